The van der Waals surface area contributed by atoms with E-state index in [0.29, 0.717) is 0 Å². The highest BCUT2D eigenvalue weighted by Crippen LogP contribution is 2.06. The van der Waals surface area contributed by atoms with Crippen molar-refractivity contribution in [3.8, 4) is 0 Å². The van der Waals surface area contributed by atoms with Crippen LogP contribution < -0.4 is 0 Å². The van der Waals surface area contributed by atoms with E-state index < -0.39 is 0 Å². The molecule has 1 unspecified atom stereocenters. The van der Waals surface area contributed by atoms with E-state index in [-0.39, 0.29) is 18.6 Å². The van der Waals surface area contributed by atoms with Crippen molar-refractivity contribution in [1.29, 1.82) is 0 Å². The molecule has 3 nitrogen and oxygen atoms in total. The van der Waals surface area contributed by atoms with Crippen LogP contribution >= 0.6 is 0 Å². The van der Waals surface area contributed by atoms with E-state index >= 15 is 0 Å². The van der Waals surface area contributed by atoms with Gasteiger partial charge in [-0.15, -0.1) is 0 Å². The molecule has 92 valence electrons. The molecular formula is C14H19NO2. The zero-order valence-electron chi connectivity index (χ0n) is 10.6. The standard InChI is InChI=1S/C14H19NO2/c1-11-4-6-13(7-5-11)8-9-14(17)15(3)12(2)10-16/h4-9,12,16H,10H2,1-3H3/b9-8+. The molecule has 0 saturated carbocycles. The van der Waals surface area contributed by atoms with E-state index in [1.54, 1.807) is 20.0 Å². The van der Waals surface area contributed by atoms with Crippen LogP contribution in [0.2, 0.25) is 0 Å². The van der Waals surface area contributed by atoms with E-state index in [9.17, 15) is 4.79 Å². The molecule has 3 heteroatoms. The normalized spacial score (nSPS) is 12.7. The SMILES string of the molecule is Cc1ccc(/C=C/C(=O)N(C)C(C)CO)cc1. The van der Waals surface area contributed by atoms with Gasteiger partial charge in [-0.05, 0) is 25.5 Å². The molecule has 0 spiro atoms. The van der Waals surface area contributed by atoms with Crippen molar-refractivity contribution >= 4 is 12.0 Å². The predicted molar refractivity (Wildman–Crippen MR) is 69.5 cm³/mol. The van der Waals surface area contributed by atoms with Crippen molar-refractivity contribution in [2.45, 2.75) is 19.9 Å². The molecule has 17 heavy (non-hydrogen) atoms. The van der Waals surface area contributed by atoms with Crippen molar-refractivity contribution in [2.24, 2.45) is 0 Å². The molecule has 0 aliphatic heterocycles. The maximum Gasteiger partial charge on any atom is 0.246 e. The van der Waals surface area contributed by atoms with Gasteiger partial charge in [0.2, 0.25) is 5.91 Å². The van der Waals surface area contributed by atoms with Gasteiger partial charge in [-0.1, -0.05) is 29.8 Å². The van der Waals surface area contributed by atoms with Gasteiger partial charge < -0.3 is 10.0 Å². The molecule has 0 aliphatic carbocycles. The van der Waals surface area contributed by atoms with Gasteiger partial charge in [0, 0.05) is 13.1 Å². The first-order valence-electron chi connectivity index (χ1n) is 5.67. The topological polar surface area (TPSA) is 40.5 Å². The summed E-state index contributed by atoms with van der Waals surface area (Å²) in [5.41, 5.74) is 2.19. The number of aryl methyl sites for hydroxylation is 1. The van der Waals surface area contributed by atoms with Crippen LogP contribution in [0.25, 0.3) is 6.08 Å². The third kappa shape index (κ3) is 4.04. The second-order valence-electron chi connectivity index (χ2n) is 4.22. The van der Waals surface area contributed by atoms with Crippen molar-refractivity contribution in [1.82, 2.24) is 4.90 Å². The van der Waals surface area contributed by atoms with Crippen LogP contribution in [-0.4, -0.2) is 35.6 Å². The molecule has 0 fully saturated rings. The molecule has 0 bridgehead atoms. The van der Waals surface area contributed by atoms with E-state index in [4.69, 9.17) is 5.11 Å². The summed E-state index contributed by atoms with van der Waals surface area (Å²) in [4.78, 5) is 13.2. The van der Waals surface area contributed by atoms with Crippen LogP contribution in [0.3, 0.4) is 0 Å². The lowest BCUT2D eigenvalue weighted by Gasteiger charge is -2.21. The Morgan fingerprint density at radius 1 is 1.41 bits per heavy atom. The fraction of sp³-hybridized carbons (Fsp3) is 0.357. The van der Waals surface area contributed by atoms with E-state index in [0.717, 1.165) is 5.56 Å². The fourth-order valence-corrected chi connectivity index (χ4v) is 1.30. The van der Waals surface area contributed by atoms with Crippen LogP contribution in [0.1, 0.15) is 18.1 Å². The van der Waals surface area contributed by atoms with Crippen LogP contribution in [-0.2, 0) is 4.79 Å². The third-order valence-corrected chi connectivity index (χ3v) is 2.77. The number of amides is 1. The smallest absolute Gasteiger partial charge is 0.246 e. The van der Waals surface area contributed by atoms with Gasteiger partial charge >= 0.3 is 0 Å². The van der Waals surface area contributed by atoms with Crippen molar-refractivity contribution in [2.75, 3.05) is 13.7 Å². The highest BCUT2D eigenvalue weighted by molar-refractivity contribution is 5.91. The minimum Gasteiger partial charge on any atom is -0.394 e. The molecule has 1 aromatic carbocycles. The highest BCUT2D eigenvalue weighted by Gasteiger charge is 2.11. The number of nitrogens with zero attached hydrogens (tertiary/aromatic N) is 1. The van der Waals surface area contributed by atoms with Gasteiger partial charge in [0.1, 0.15) is 0 Å². The number of aliphatic hydroxyl groups is 1. The van der Waals surface area contributed by atoms with Crippen molar-refractivity contribution < 1.29 is 9.90 Å². The van der Waals surface area contributed by atoms with Gasteiger partial charge in [-0.3, -0.25) is 4.79 Å². The molecular weight excluding hydrogens is 214 g/mol. The van der Waals surface area contributed by atoms with Gasteiger partial charge in [0.05, 0.1) is 12.6 Å². The maximum absolute atomic E-state index is 11.7. The molecule has 0 aromatic heterocycles. The molecule has 1 atom stereocenters. The van der Waals surface area contributed by atoms with Crippen LogP contribution in [0.5, 0.6) is 0 Å². The molecule has 0 saturated heterocycles. The summed E-state index contributed by atoms with van der Waals surface area (Å²) in [7, 11) is 1.68. The second kappa shape index (κ2) is 6.21. The Morgan fingerprint density at radius 2 is 2.00 bits per heavy atom. The van der Waals surface area contributed by atoms with Gasteiger partial charge in [-0.25, -0.2) is 0 Å². The fourth-order valence-electron chi connectivity index (χ4n) is 1.30. The molecule has 1 aromatic rings. The Balaban J connectivity index is 2.65. The summed E-state index contributed by atoms with van der Waals surface area (Å²) >= 11 is 0. The number of carbonyl (C=O) groups is 1. The van der Waals surface area contributed by atoms with E-state index in [1.807, 2.05) is 31.2 Å². The summed E-state index contributed by atoms with van der Waals surface area (Å²) in [6, 6.07) is 7.78. The quantitative estimate of drug-likeness (QED) is 0.806. The monoisotopic (exact) mass is 233 g/mol. The lowest BCUT2D eigenvalue weighted by Crippen LogP contribution is -2.36. The minimum atomic E-state index is -0.162. The lowest BCUT2D eigenvalue weighted by atomic mass is 10.1. The molecule has 1 amide bonds. The number of hydrogen-bond donors (Lipinski definition) is 1. The van der Waals surface area contributed by atoms with Gasteiger partial charge in [-0.2, -0.15) is 0 Å². The number of aliphatic hydroxyl groups excluding tert-OH is 1. The first kappa shape index (κ1) is 13.5. The summed E-state index contributed by atoms with van der Waals surface area (Å²) in [6.07, 6.45) is 3.30. The van der Waals surface area contributed by atoms with Crippen molar-refractivity contribution in [3.05, 3.63) is 41.5 Å². The maximum atomic E-state index is 11.7. The van der Waals surface area contributed by atoms with E-state index in [2.05, 4.69) is 0 Å². The van der Waals surface area contributed by atoms with Crippen LogP contribution in [0.4, 0.5) is 0 Å². The zero-order chi connectivity index (χ0) is 12.8. The summed E-state index contributed by atoms with van der Waals surface area (Å²) in [6.45, 7) is 3.80. The van der Waals surface area contributed by atoms with E-state index in [1.165, 1.54) is 16.5 Å². The molecule has 0 radical (unpaired) electrons. The third-order valence-electron chi connectivity index (χ3n) is 2.77. The summed E-state index contributed by atoms with van der Waals surface area (Å²) in [5, 5.41) is 8.95. The lowest BCUT2D eigenvalue weighted by molar-refractivity contribution is -0.127. The summed E-state index contributed by atoms with van der Waals surface area (Å²) in [5.74, 6) is -0.105. The van der Waals surface area contributed by atoms with Crippen molar-refractivity contribution in [3.63, 3.8) is 0 Å². The largest absolute Gasteiger partial charge is 0.394 e. The number of likely N-dealkylation sites (N-methyl/N-ethyl adjacent to an activating group) is 1. The minimum absolute atomic E-state index is 0.0272. The Morgan fingerprint density at radius 3 is 2.53 bits per heavy atom. The van der Waals surface area contributed by atoms with Crippen LogP contribution in [0, 0.1) is 6.92 Å². The van der Waals surface area contributed by atoms with Crippen LogP contribution in [0.15, 0.2) is 30.3 Å². The number of rotatable bonds is 4. The Labute approximate surface area is 102 Å². The predicted octanol–water partition coefficient (Wildman–Crippen LogP) is 1.85. The Kier molecular flexibility index (Phi) is 4.91. The number of carbonyl (C=O) groups excluding carboxylic acids is 1. The first-order valence-corrected chi connectivity index (χ1v) is 5.67. The Bertz CT molecular complexity index is 395. The average molecular weight is 233 g/mol. The van der Waals surface area contributed by atoms with Gasteiger partial charge in [0.15, 0.2) is 0 Å². The Hall–Kier alpha value is -1.61. The molecule has 1 rings (SSSR count). The molecule has 0 aliphatic rings. The first-order chi connectivity index (χ1) is 8.04. The average Bonchev–Trinajstić information content (AvgIpc) is 2.35. The highest BCUT2D eigenvalue weighted by atomic mass is 16.3. The second-order valence-corrected chi connectivity index (χ2v) is 4.22. The molecule has 1 N–H and O–H groups in total. The number of hydrogen-bond acceptors (Lipinski definition) is 2. The molecule has 0 heterocycles. The summed E-state index contributed by atoms with van der Waals surface area (Å²) < 4.78 is 0. The van der Waals surface area contributed by atoms with Gasteiger partial charge in [0.25, 0.3) is 0 Å². The number of benzene rings is 1. The zero-order valence-corrected chi connectivity index (χ0v) is 10.6.